The van der Waals surface area contributed by atoms with Crippen LogP contribution in [0.15, 0.2) is 54.6 Å². The molecule has 0 saturated carbocycles. The molecule has 1 aliphatic rings. The van der Waals surface area contributed by atoms with Gasteiger partial charge in [-0.15, -0.1) is 0 Å². The average Bonchev–Trinajstić information content (AvgIpc) is 2.88. The molecule has 2 aromatic carbocycles. The van der Waals surface area contributed by atoms with Gasteiger partial charge in [0.25, 0.3) is 5.91 Å². The van der Waals surface area contributed by atoms with Gasteiger partial charge >= 0.3 is 0 Å². The molecule has 1 fully saturated rings. The van der Waals surface area contributed by atoms with Crippen molar-refractivity contribution in [2.45, 2.75) is 12.5 Å². The van der Waals surface area contributed by atoms with Gasteiger partial charge in [-0.2, -0.15) is 0 Å². The van der Waals surface area contributed by atoms with Crippen molar-refractivity contribution in [3.8, 4) is 0 Å². The third-order valence-electron chi connectivity index (χ3n) is 4.58. The second kappa shape index (κ2) is 8.23. The van der Waals surface area contributed by atoms with Crippen molar-refractivity contribution < 1.29 is 14.3 Å². The van der Waals surface area contributed by atoms with Gasteiger partial charge in [0.2, 0.25) is 0 Å². The van der Waals surface area contributed by atoms with Crippen molar-refractivity contribution in [1.82, 2.24) is 9.80 Å². The van der Waals surface area contributed by atoms with Gasteiger partial charge in [0, 0.05) is 38.3 Å². The third-order valence-corrected chi connectivity index (χ3v) is 4.58. The Morgan fingerprint density at radius 3 is 2.44 bits per heavy atom. The molecular formula is C20H23FN2O2. The lowest BCUT2D eigenvalue weighted by Gasteiger charge is -2.24. The van der Waals surface area contributed by atoms with Gasteiger partial charge in [0.1, 0.15) is 5.82 Å². The molecule has 1 amide bonds. The Labute approximate surface area is 147 Å². The van der Waals surface area contributed by atoms with Gasteiger partial charge in [-0.3, -0.25) is 9.69 Å². The SMILES string of the molecule is O=C(c1ccc(F)cc1)N1CCCN(CC(O)c2ccccc2)CC1. The van der Waals surface area contributed by atoms with Crippen LogP contribution in [-0.4, -0.2) is 53.5 Å². The number of aliphatic hydroxyl groups is 1. The van der Waals surface area contributed by atoms with Gasteiger partial charge < -0.3 is 10.0 Å². The molecule has 1 saturated heterocycles. The molecule has 0 aromatic heterocycles. The number of hydrogen-bond donors (Lipinski definition) is 1. The molecule has 1 heterocycles. The number of hydrogen-bond acceptors (Lipinski definition) is 3. The Morgan fingerprint density at radius 2 is 1.72 bits per heavy atom. The average molecular weight is 342 g/mol. The number of carbonyl (C=O) groups excluding carboxylic acids is 1. The molecular weight excluding hydrogens is 319 g/mol. The molecule has 0 radical (unpaired) electrons. The number of rotatable bonds is 4. The van der Waals surface area contributed by atoms with Crippen LogP contribution >= 0.6 is 0 Å². The quantitative estimate of drug-likeness (QED) is 0.929. The second-order valence-corrected chi connectivity index (χ2v) is 6.38. The Hall–Kier alpha value is -2.24. The van der Waals surface area contributed by atoms with Gasteiger partial charge in [-0.05, 0) is 36.2 Å². The topological polar surface area (TPSA) is 43.8 Å². The minimum absolute atomic E-state index is 0.0644. The molecule has 0 aliphatic carbocycles. The van der Waals surface area contributed by atoms with Crippen molar-refractivity contribution >= 4 is 5.91 Å². The van der Waals surface area contributed by atoms with E-state index in [0.717, 1.165) is 25.1 Å². The highest BCUT2D eigenvalue weighted by atomic mass is 19.1. The van der Waals surface area contributed by atoms with Crippen LogP contribution in [0, 0.1) is 5.82 Å². The van der Waals surface area contributed by atoms with E-state index in [1.807, 2.05) is 35.2 Å². The molecule has 1 aliphatic heterocycles. The number of halogens is 1. The number of aliphatic hydroxyl groups excluding tert-OH is 1. The first kappa shape index (κ1) is 17.6. The maximum atomic E-state index is 13.0. The van der Waals surface area contributed by atoms with Gasteiger partial charge in [0.15, 0.2) is 0 Å². The molecule has 132 valence electrons. The Balaban J connectivity index is 1.57. The predicted molar refractivity (Wildman–Crippen MR) is 94.8 cm³/mol. The monoisotopic (exact) mass is 342 g/mol. The highest BCUT2D eigenvalue weighted by Crippen LogP contribution is 2.16. The molecule has 3 rings (SSSR count). The van der Waals surface area contributed by atoms with E-state index < -0.39 is 6.10 Å². The van der Waals surface area contributed by atoms with Crippen molar-refractivity contribution in [2.24, 2.45) is 0 Å². The number of nitrogens with zero attached hydrogens (tertiary/aromatic N) is 2. The summed E-state index contributed by atoms with van der Waals surface area (Å²) in [5, 5.41) is 10.4. The van der Waals surface area contributed by atoms with E-state index in [0.29, 0.717) is 25.2 Å². The lowest BCUT2D eigenvalue weighted by Crippen LogP contribution is -2.36. The summed E-state index contributed by atoms with van der Waals surface area (Å²) >= 11 is 0. The van der Waals surface area contributed by atoms with Gasteiger partial charge in [-0.25, -0.2) is 4.39 Å². The molecule has 4 nitrogen and oxygen atoms in total. The smallest absolute Gasteiger partial charge is 0.253 e. The van der Waals surface area contributed by atoms with Crippen molar-refractivity contribution in [1.29, 1.82) is 0 Å². The summed E-state index contributed by atoms with van der Waals surface area (Å²) in [7, 11) is 0. The van der Waals surface area contributed by atoms with Gasteiger partial charge in [0.05, 0.1) is 6.10 Å². The fraction of sp³-hybridized carbons (Fsp3) is 0.350. The van der Waals surface area contributed by atoms with Crippen molar-refractivity contribution in [2.75, 3.05) is 32.7 Å². The first-order valence-corrected chi connectivity index (χ1v) is 8.64. The molecule has 2 aromatic rings. The lowest BCUT2D eigenvalue weighted by atomic mass is 10.1. The number of β-amino-alcohol motifs (C(OH)–C–C–N with tert-alkyl or cyclic N) is 1. The molecule has 1 N–H and O–H groups in total. The Morgan fingerprint density at radius 1 is 1.00 bits per heavy atom. The molecule has 25 heavy (non-hydrogen) atoms. The van der Waals surface area contributed by atoms with E-state index in [-0.39, 0.29) is 11.7 Å². The van der Waals surface area contributed by atoms with Crippen LogP contribution in [-0.2, 0) is 0 Å². The Bertz CT molecular complexity index is 691. The van der Waals surface area contributed by atoms with E-state index in [2.05, 4.69) is 4.90 Å². The summed E-state index contributed by atoms with van der Waals surface area (Å²) in [6.07, 6.45) is 0.328. The zero-order chi connectivity index (χ0) is 17.6. The minimum atomic E-state index is -0.527. The van der Waals surface area contributed by atoms with Crippen LogP contribution in [0.2, 0.25) is 0 Å². The highest BCUT2D eigenvalue weighted by Gasteiger charge is 2.22. The van der Waals surface area contributed by atoms with Crippen molar-refractivity contribution in [3.05, 3.63) is 71.5 Å². The van der Waals surface area contributed by atoms with Crippen LogP contribution < -0.4 is 0 Å². The maximum absolute atomic E-state index is 13.0. The van der Waals surface area contributed by atoms with E-state index in [1.54, 1.807) is 0 Å². The molecule has 1 atom stereocenters. The predicted octanol–water partition coefficient (Wildman–Crippen LogP) is 2.71. The number of amides is 1. The standard InChI is InChI=1S/C20H23FN2O2/c21-18-9-7-17(8-10-18)20(25)23-12-4-11-22(13-14-23)15-19(24)16-5-2-1-3-6-16/h1-3,5-10,19,24H,4,11-15H2. The van der Waals surface area contributed by atoms with Crippen molar-refractivity contribution in [3.63, 3.8) is 0 Å². The summed E-state index contributed by atoms with van der Waals surface area (Å²) in [6, 6.07) is 15.3. The lowest BCUT2D eigenvalue weighted by molar-refractivity contribution is 0.0754. The fourth-order valence-electron chi connectivity index (χ4n) is 3.16. The van der Waals surface area contributed by atoms with E-state index >= 15 is 0 Å². The van der Waals surface area contributed by atoms with Crippen LogP contribution in [0.1, 0.15) is 28.4 Å². The van der Waals surface area contributed by atoms with Crippen LogP contribution in [0.25, 0.3) is 0 Å². The summed E-state index contributed by atoms with van der Waals surface area (Å²) in [5.41, 5.74) is 1.42. The first-order chi connectivity index (χ1) is 12.1. The van der Waals surface area contributed by atoms with Crippen LogP contribution in [0.5, 0.6) is 0 Å². The third kappa shape index (κ3) is 4.65. The van der Waals surface area contributed by atoms with Crippen LogP contribution in [0.3, 0.4) is 0 Å². The van der Waals surface area contributed by atoms with E-state index in [9.17, 15) is 14.3 Å². The summed E-state index contributed by atoms with van der Waals surface area (Å²) < 4.78 is 13.0. The number of benzene rings is 2. The van der Waals surface area contributed by atoms with Gasteiger partial charge in [-0.1, -0.05) is 30.3 Å². The second-order valence-electron chi connectivity index (χ2n) is 6.38. The molecule has 0 spiro atoms. The molecule has 0 bridgehead atoms. The number of carbonyl (C=O) groups is 1. The normalized spacial score (nSPS) is 17.1. The molecule has 1 unspecified atom stereocenters. The van der Waals surface area contributed by atoms with E-state index in [1.165, 1.54) is 24.3 Å². The minimum Gasteiger partial charge on any atom is -0.387 e. The molecule has 5 heteroatoms. The fourth-order valence-corrected chi connectivity index (χ4v) is 3.16. The summed E-state index contributed by atoms with van der Waals surface area (Å²) in [4.78, 5) is 16.5. The summed E-state index contributed by atoms with van der Waals surface area (Å²) in [6.45, 7) is 3.41. The Kier molecular flexibility index (Phi) is 5.79. The largest absolute Gasteiger partial charge is 0.387 e. The van der Waals surface area contributed by atoms with E-state index in [4.69, 9.17) is 0 Å². The first-order valence-electron chi connectivity index (χ1n) is 8.64. The zero-order valence-corrected chi connectivity index (χ0v) is 14.1. The zero-order valence-electron chi connectivity index (χ0n) is 14.1. The highest BCUT2D eigenvalue weighted by molar-refractivity contribution is 5.94. The van der Waals surface area contributed by atoms with Crippen LogP contribution in [0.4, 0.5) is 4.39 Å². The maximum Gasteiger partial charge on any atom is 0.253 e. The summed E-state index contributed by atoms with van der Waals surface area (Å²) in [5.74, 6) is -0.404.